The minimum absolute atomic E-state index is 0.0748. The first kappa shape index (κ1) is 64.4. The quantitative estimate of drug-likeness (QED) is 0.0262. The third kappa shape index (κ3) is 54.2. The van der Waals surface area contributed by atoms with Crippen LogP contribution in [0.3, 0.4) is 0 Å². The molecule has 0 aliphatic carbocycles. The zero-order chi connectivity index (χ0) is 48.6. The summed E-state index contributed by atoms with van der Waals surface area (Å²) < 4.78 is 16.9. The van der Waals surface area contributed by atoms with Gasteiger partial charge in [0.05, 0.1) is 0 Å². The standard InChI is InChI=1S/C61H110O6/c1-4-7-10-13-16-19-22-24-26-28-30-32-33-35-37-39-42-45-48-51-54-60(63)66-57-58(56-65-59(62)53-50-47-44-41-21-18-15-12-9-6-3)67-61(64)55-52-49-46-43-40-38-36-34-31-29-27-25-23-20-17-14-11-8-5-2/h8,11,17,20,25,27,31,34,58H,4-7,9-10,12-16,18-19,21-24,26,28-30,32-33,35-57H2,1-3H3/b11-8-,20-17-,27-25-,34-31-. The largest absolute Gasteiger partial charge is 0.462 e. The van der Waals surface area contributed by atoms with E-state index in [1.54, 1.807) is 0 Å². The van der Waals surface area contributed by atoms with Crippen molar-refractivity contribution in [1.29, 1.82) is 0 Å². The highest BCUT2D eigenvalue weighted by Gasteiger charge is 2.19. The van der Waals surface area contributed by atoms with Crippen molar-refractivity contribution in [3.8, 4) is 0 Å². The monoisotopic (exact) mass is 939 g/mol. The first-order chi connectivity index (χ1) is 33.0. The second-order valence-corrected chi connectivity index (χ2v) is 19.5. The number of unbranched alkanes of at least 4 members (excludes halogenated alkanes) is 34. The van der Waals surface area contributed by atoms with E-state index in [0.717, 1.165) is 96.3 Å². The van der Waals surface area contributed by atoms with E-state index in [9.17, 15) is 14.4 Å². The van der Waals surface area contributed by atoms with Gasteiger partial charge in [-0.15, -0.1) is 0 Å². The highest BCUT2D eigenvalue weighted by atomic mass is 16.6. The molecule has 0 radical (unpaired) electrons. The summed E-state index contributed by atoms with van der Waals surface area (Å²) in [4.78, 5) is 38.1. The molecule has 6 nitrogen and oxygen atoms in total. The fourth-order valence-corrected chi connectivity index (χ4v) is 8.49. The van der Waals surface area contributed by atoms with Crippen molar-refractivity contribution in [2.75, 3.05) is 13.2 Å². The Hall–Kier alpha value is -2.63. The molecule has 0 amide bonds. The van der Waals surface area contributed by atoms with Gasteiger partial charge in [0.25, 0.3) is 0 Å². The highest BCUT2D eigenvalue weighted by Crippen LogP contribution is 2.17. The van der Waals surface area contributed by atoms with Crippen LogP contribution in [0.5, 0.6) is 0 Å². The van der Waals surface area contributed by atoms with Crippen LogP contribution < -0.4 is 0 Å². The molecule has 0 heterocycles. The molecular formula is C61H110O6. The van der Waals surface area contributed by atoms with Gasteiger partial charge in [0.1, 0.15) is 13.2 Å². The van der Waals surface area contributed by atoms with Crippen LogP contribution in [0.1, 0.15) is 303 Å². The molecule has 0 aromatic rings. The molecule has 67 heavy (non-hydrogen) atoms. The van der Waals surface area contributed by atoms with Crippen molar-refractivity contribution in [2.45, 2.75) is 309 Å². The summed E-state index contributed by atoms with van der Waals surface area (Å²) in [6, 6.07) is 0. The van der Waals surface area contributed by atoms with Crippen molar-refractivity contribution in [1.82, 2.24) is 0 Å². The number of hydrogen-bond donors (Lipinski definition) is 0. The molecule has 0 fully saturated rings. The first-order valence-electron chi connectivity index (χ1n) is 29.1. The van der Waals surface area contributed by atoms with E-state index in [1.807, 2.05) is 0 Å². The van der Waals surface area contributed by atoms with Crippen LogP contribution in [-0.2, 0) is 28.6 Å². The molecule has 390 valence electrons. The normalized spacial score (nSPS) is 12.3. The summed E-state index contributed by atoms with van der Waals surface area (Å²) in [6.07, 6.45) is 68.2. The Morgan fingerprint density at radius 3 is 0.910 bits per heavy atom. The van der Waals surface area contributed by atoms with Gasteiger partial charge in [-0.05, 0) is 57.8 Å². The van der Waals surface area contributed by atoms with E-state index in [-0.39, 0.29) is 31.1 Å². The van der Waals surface area contributed by atoms with Gasteiger partial charge in [0.2, 0.25) is 0 Å². The van der Waals surface area contributed by atoms with E-state index in [0.29, 0.717) is 19.3 Å². The van der Waals surface area contributed by atoms with Gasteiger partial charge < -0.3 is 14.2 Å². The third-order valence-electron chi connectivity index (χ3n) is 12.8. The van der Waals surface area contributed by atoms with Crippen LogP contribution in [0.15, 0.2) is 48.6 Å². The molecule has 0 N–H and O–H groups in total. The summed E-state index contributed by atoms with van der Waals surface area (Å²) in [5, 5.41) is 0. The Morgan fingerprint density at radius 2 is 0.582 bits per heavy atom. The highest BCUT2D eigenvalue weighted by molar-refractivity contribution is 5.71. The molecule has 0 rings (SSSR count). The van der Waals surface area contributed by atoms with Crippen LogP contribution in [0, 0.1) is 0 Å². The average Bonchev–Trinajstić information content (AvgIpc) is 3.33. The summed E-state index contributed by atoms with van der Waals surface area (Å²) in [5.74, 6) is -0.874. The van der Waals surface area contributed by atoms with Crippen LogP contribution in [0.25, 0.3) is 0 Å². The lowest BCUT2D eigenvalue weighted by Crippen LogP contribution is -2.30. The van der Waals surface area contributed by atoms with Gasteiger partial charge in [-0.25, -0.2) is 0 Å². The minimum Gasteiger partial charge on any atom is -0.462 e. The maximum Gasteiger partial charge on any atom is 0.306 e. The molecule has 6 heteroatoms. The van der Waals surface area contributed by atoms with Crippen LogP contribution in [0.4, 0.5) is 0 Å². The van der Waals surface area contributed by atoms with Crippen molar-refractivity contribution in [3.63, 3.8) is 0 Å². The molecular weight excluding hydrogens is 829 g/mol. The fourth-order valence-electron chi connectivity index (χ4n) is 8.49. The predicted molar refractivity (Wildman–Crippen MR) is 289 cm³/mol. The zero-order valence-electron chi connectivity index (χ0n) is 44.7. The summed E-state index contributed by atoms with van der Waals surface area (Å²) in [7, 11) is 0. The predicted octanol–water partition coefficient (Wildman–Crippen LogP) is 19.4. The number of hydrogen-bond acceptors (Lipinski definition) is 6. The lowest BCUT2D eigenvalue weighted by atomic mass is 10.0. The maximum absolute atomic E-state index is 12.8. The van der Waals surface area contributed by atoms with E-state index < -0.39 is 6.10 Å². The average molecular weight is 940 g/mol. The Kier molecular flexibility index (Phi) is 53.8. The zero-order valence-corrected chi connectivity index (χ0v) is 44.7. The molecule has 1 atom stereocenters. The van der Waals surface area contributed by atoms with Crippen molar-refractivity contribution >= 4 is 17.9 Å². The fraction of sp³-hybridized carbons (Fsp3) is 0.820. The Balaban J connectivity index is 4.28. The smallest absolute Gasteiger partial charge is 0.306 e. The van der Waals surface area contributed by atoms with Crippen molar-refractivity contribution < 1.29 is 28.6 Å². The molecule has 0 aliphatic rings. The number of esters is 3. The molecule has 0 saturated heterocycles. The lowest BCUT2D eigenvalue weighted by Gasteiger charge is -2.18. The molecule has 0 spiro atoms. The minimum atomic E-state index is -0.777. The van der Waals surface area contributed by atoms with Gasteiger partial charge in [0, 0.05) is 19.3 Å². The number of carbonyl (C=O) groups excluding carboxylic acids is 3. The Morgan fingerprint density at radius 1 is 0.313 bits per heavy atom. The van der Waals surface area contributed by atoms with Gasteiger partial charge in [0.15, 0.2) is 6.10 Å². The van der Waals surface area contributed by atoms with Crippen molar-refractivity contribution in [3.05, 3.63) is 48.6 Å². The summed E-state index contributed by atoms with van der Waals surface area (Å²) in [6.45, 7) is 6.54. The number of ether oxygens (including phenoxy) is 3. The van der Waals surface area contributed by atoms with E-state index in [1.165, 1.54) is 167 Å². The maximum atomic E-state index is 12.8. The van der Waals surface area contributed by atoms with Crippen LogP contribution in [0.2, 0.25) is 0 Å². The molecule has 1 unspecified atom stereocenters. The SMILES string of the molecule is CC/C=C\C/C=C\C/C=C\C/C=C\CCCCCCCCC(=O)OC(COC(=O)CCCCCCCCCCCC)COC(=O)CCCCCCCCCCCCCCCCCCCCCC. The van der Waals surface area contributed by atoms with Gasteiger partial charge in [-0.1, -0.05) is 275 Å². The second-order valence-electron chi connectivity index (χ2n) is 19.5. The van der Waals surface area contributed by atoms with E-state index in [4.69, 9.17) is 14.2 Å². The van der Waals surface area contributed by atoms with Crippen LogP contribution in [-0.4, -0.2) is 37.2 Å². The Bertz CT molecular complexity index is 1170. The summed E-state index contributed by atoms with van der Waals surface area (Å²) >= 11 is 0. The summed E-state index contributed by atoms with van der Waals surface area (Å²) in [5.41, 5.74) is 0. The molecule has 0 aliphatic heterocycles. The van der Waals surface area contributed by atoms with Gasteiger partial charge in [-0.2, -0.15) is 0 Å². The molecule has 0 aromatic carbocycles. The molecule has 0 aromatic heterocycles. The van der Waals surface area contributed by atoms with Gasteiger partial charge >= 0.3 is 17.9 Å². The number of rotatable bonds is 53. The number of allylic oxidation sites excluding steroid dienone is 8. The van der Waals surface area contributed by atoms with Crippen molar-refractivity contribution in [2.24, 2.45) is 0 Å². The number of carbonyl (C=O) groups is 3. The Labute approximate surface area is 416 Å². The first-order valence-corrected chi connectivity index (χ1v) is 29.1. The van der Waals surface area contributed by atoms with Crippen LogP contribution >= 0.6 is 0 Å². The topological polar surface area (TPSA) is 78.9 Å². The van der Waals surface area contributed by atoms with E-state index in [2.05, 4.69) is 69.4 Å². The third-order valence-corrected chi connectivity index (χ3v) is 12.8. The second kappa shape index (κ2) is 56.0. The lowest BCUT2D eigenvalue weighted by molar-refractivity contribution is -0.167. The van der Waals surface area contributed by atoms with E-state index >= 15 is 0 Å². The van der Waals surface area contributed by atoms with Gasteiger partial charge in [-0.3, -0.25) is 14.4 Å². The molecule has 0 bridgehead atoms. The molecule has 0 saturated carbocycles.